The summed E-state index contributed by atoms with van der Waals surface area (Å²) >= 11 is 0. The highest BCUT2D eigenvalue weighted by Crippen LogP contribution is 2.32. The van der Waals surface area contributed by atoms with Crippen LogP contribution in [0.2, 0.25) is 0 Å². The van der Waals surface area contributed by atoms with Crippen molar-refractivity contribution in [2.24, 2.45) is 5.92 Å². The predicted molar refractivity (Wildman–Crippen MR) is 97.2 cm³/mol. The lowest BCUT2D eigenvalue weighted by molar-refractivity contribution is -0.142. The molecule has 30 heavy (non-hydrogen) atoms. The number of likely N-dealkylation sites (tertiary alicyclic amines) is 1. The van der Waals surface area contributed by atoms with Gasteiger partial charge in [-0.2, -0.15) is 23.3 Å². The fourth-order valence-electron chi connectivity index (χ4n) is 3.55. The number of carbonyl (C=O) groups excluding carboxylic acids is 1. The lowest BCUT2D eigenvalue weighted by Gasteiger charge is -2.22. The molecule has 1 saturated heterocycles. The summed E-state index contributed by atoms with van der Waals surface area (Å²) in [7, 11) is 0. The molecule has 0 spiro atoms. The van der Waals surface area contributed by atoms with Crippen LogP contribution < -0.4 is 0 Å². The summed E-state index contributed by atoms with van der Waals surface area (Å²) in [6.45, 7) is 2.99. The quantitative estimate of drug-likeness (QED) is 0.602. The second-order valence-corrected chi connectivity index (χ2v) is 7.89. The molecule has 2 fully saturated rings. The Kier molecular flexibility index (Phi) is 5.81. The molecule has 0 aromatic carbocycles. The van der Waals surface area contributed by atoms with Gasteiger partial charge in [0.25, 0.3) is 0 Å². The van der Waals surface area contributed by atoms with E-state index in [9.17, 15) is 18.0 Å². The number of carbonyl (C=O) groups is 1. The second kappa shape index (κ2) is 8.37. The van der Waals surface area contributed by atoms with Gasteiger partial charge in [0.1, 0.15) is 12.6 Å². The van der Waals surface area contributed by atoms with Gasteiger partial charge in [0.2, 0.25) is 11.8 Å². The fourth-order valence-corrected chi connectivity index (χ4v) is 3.55. The molecular weight excluding hydrogens is 403 g/mol. The van der Waals surface area contributed by atoms with Gasteiger partial charge in [-0.1, -0.05) is 5.16 Å². The number of amides is 1. The zero-order valence-corrected chi connectivity index (χ0v) is 16.7. The molecule has 164 valence electrons. The van der Waals surface area contributed by atoms with Gasteiger partial charge in [-0.25, -0.2) is 0 Å². The summed E-state index contributed by atoms with van der Waals surface area (Å²) < 4.78 is 50.6. The van der Waals surface area contributed by atoms with E-state index in [0.717, 1.165) is 23.8 Å². The highest BCUT2D eigenvalue weighted by molar-refractivity contribution is 5.76. The molecule has 1 aliphatic heterocycles. The fraction of sp³-hybridized carbons (Fsp3) is 0.684. The van der Waals surface area contributed by atoms with Crippen LogP contribution in [0.4, 0.5) is 13.2 Å². The third-order valence-electron chi connectivity index (χ3n) is 5.42. The molecule has 2 aromatic heterocycles. The van der Waals surface area contributed by atoms with Crippen LogP contribution in [-0.4, -0.2) is 50.5 Å². The number of nitrogens with zero attached hydrogens (tertiary/aromatic N) is 5. The summed E-state index contributed by atoms with van der Waals surface area (Å²) in [6.07, 6.45) is -0.135. The Morgan fingerprint density at radius 1 is 1.33 bits per heavy atom. The summed E-state index contributed by atoms with van der Waals surface area (Å²) in [5.41, 5.74) is -0.728. The molecule has 0 radical (unpaired) electrons. The molecule has 2 aromatic rings. The Bertz CT molecular complexity index is 890. The molecule has 1 unspecified atom stereocenters. The molecule has 11 heteroatoms. The summed E-state index contributed by atoms with van der Waals surface area (Å²) in [5, 5.41) is 7.50. The van der Waals surface area contributed by atoms with Crippen molar-refractivity contribution in [2.45, 2.75) is 57.8 Å². The van der Waals surface area contributed by atoms with Crippen molar-refractivity contribution in [1.82, 2.24) is 24.8 Å². The SMILES string of the molecule is Cc1cc(C(F)(F)F)nn1CC(=O)N1CCCC1c1nc(CCOCC2CC2)no1. The summed E-state index contributed by atoms with van der Waals surface area (Å²) in [5.74, 6) is 1.24. The average Bonchev–Trinajstić information content (AvgIpc) is 3.07. The topological polar surface area (TPSA) is 86.3 Å². The van der Waals surface area contributed by atoms with Crippen LogP contribution in [0.25, 0.3) is 0 Å². The predicted octanol–water partition coefficient (Wildman–Crippen LogP) is 2.93. The Morgan fingerprint density at radius 3 is 2.83 bits per heavy atom. The van der Waals surface area contributed by atoms with Crippen molar-refractivity contribution in [3.05, 3.63) is 29.2 Å². The molecule has 4 rings (SSSR count). The number of hydrogen-bond donors (Lipinski definition) is 0. The monoisotopic (exact) mass is 427 g/mol. The zero-order chi connectivity index (χ0) is 21.3. The van der Waals surface area contributed by atoms with E-state index < -0.39 is 11.9 Å². The van der Waals surface area contributed by atoms with Crippen molar-refractivity contribution < 1.29 is 27.2 Å². The molecule has 1 saturated carbocycles. The Hall–Kier alpha value is -2.43. The van der Waals surface area contributed by atoms with E-state index in [1.165, 1.54) is 19.8 Å². The number of rotatable bonds is 8. The molecule has 1 atom stereocenters. The number of ether oxygens (including phenoxy) is 1. The summed E-state index contributed by atoms with van der Waals surface area (Å²) in [6, 6.07) is 0.564. The first-order valence-corrected chi connectivity index (χ1v) is 10.1. The smallest absolute Gasteiger partial charge is 0.381 e. The third kappa shape index (κ3) is 4.82. The Morgan fingerprint density at radius 2 is 2.13 bits per heavy atom. The maximum Gasteiger partial charge on any atom is 0.435 e. The van der Waals surface area contributed by atoms with Crippen LogP contribution in [0.15, 0.2) is 10.6 Å². The summed E-state index contributed by atoms with van der Waals surface area (Å²) in [4.78, 5) is 18.7. The first-order valence-electron chi connectivity index (χ1n) is 10.1. The molecule has 3 heterocycles. The largest absolute Gasteiger partial charge is 0.435 e. The van der Waals surface area contributed by atoms with Crippen LogP contribution in [0, 0.1) is 12.8 Å². The van der Waals surface area contributed by atoms with E-state index in [4.69, 9.17) is 9.26 Å². The zero-order valence-electron chi connectivity index (χ0n) is 16.7. The molecule has 1 aliphatic carbocycles. The molecule has 2 aliphatic rings. The standard InChI is InChI=1S/C19H24F3N5O3/c1-12-9-15(19(20,21)22)24-27(12)10-17(28)26-7-2-3-14(26)18-23-16(25-30-18)6-8-29-11-13-4-5-13/h9,13-14H,2-8,10-11H2,1H3. The van der Waals surface area contributed by atoms with Crippen LogP contribution in [0.3, 0.4) is 0 Å². The van der Waals surface area contributed by atoms with Crippen molar-refractivity contribution in [1.29, 1.82) is 0 Å². The van der Waals surface area contributed by atoms with Crippen LogP contribution in [-0.2, 0) is 28.7 Å². The van der Waals surface area contributed by atoms with Gasteiger partial charge in [-0.15, -0.1) is 0 Å². The normalized spacial score (nSPS) is 19.6. The highest BCUT2D eigenvalue weighted by Gasteiger charge is 2.36. The van der Waals surface area contributed by atoms with Gasteiger partial charge in [0.15, 0.2) is 11.5 Å². The molecule has 0 N–H and O–H groups in total. The maximum atomic E-state index is 12.9. The second-order valence-electron chi connectivity index (χ2n) is 7.89. The molecule has 1 amide bonds. The number of aryl methyl sites for hydroxylation is 1. The number of alkyl halides is 3. The van der Waals surface area contributed by atoms with Gasteiger partial charge >= 0.3 is 6.18 Å². The van der Waals surface area contributed by atoms with Crippen LogP contribution >= 0.6 is 0 Å². The molecule has 8 nitrogen and oxygen atoms in total. The van der Waals surface area contributed by atoms with Gasteiger partial charge in [0, 0.05) is 25.3 Å². The van der Waals surface area contributed by atoms with E-state index in [2.05, 4.69) is 15.2 Å². The minimum Gasteiger partial charge on any atom is -0.381 e. The lowest BCUT2D eigenvalue weighted by Crippen LogP contribution is -2.34. The lowest BCUT2D eigenvalue weighted by atomic mass is 10.2. The van der Waals surface area contributed by atoms with Crippen molar-refractivity contribution >= 4 is 5.91 Å². The van der Waals surface area contributed by atoms with Crippen molar-refractivity contribution in [3.63, 3.8) is 0 Å². The van der Waals surface area contributed by atoms with Crippen LogP contribution in [0.1, 0.15) is 54.8 Å². The van der Waals surface area contributed by atoms with Crippen molar-refractivity contribution in [2.75, 3.05) is 19.8 Å². The minimum absolute atomic E-state index is 0.269. The number of aromatic nitrogens is 4. The van der Waals surface area contributed by atoms with Crippen molar-refractivity contribution in [3.8, 4) is 0 Å². The highest BCUT2D eigenvalue weighted by atomic mass is 19.4. The first kappa shape index (κ1) is 20.8. The van der Waals surface area contributed by atoms with E-state index in [1.54, 1.807) is 4.90 Å². The molecule has 0 bridgehead atoms. The number of hydrogen-bond acceptors (Lipinski definition) is 6. The maximum absolute atomic E-state index is 12.9. The average molecular weight is 427 g/mol. The van der Waals surface area contributed by atoms with E-state index in [-0.39, 0.29) is 24.2 Å². The van der Waals surface area contributed by atoms with E-state index in [1.807, 2.05) is 0 Å². The first-order chi connectivity index (χ1) is 14.3. The van der Waals surface area contributed by atoms with Gasteiger partial charge < -0.3 is 14.2 Å². The van der Waals surface area contributed by atoms with Gasteiger partial charge in [-0.3, -0.25) is 9.48 Å². The van der Waals surface area contributed by atoms with E-state index in [0.29, 0.717) is 43.6 Å². The van der Waals surface area contributed by atoms with Crippen LogP contribution in [0.5, 0.6) is 0 Å². The van der Waals surface area contributed by atoms with Gasteiger partial charge in [-0.05, 0) is 44.6 Å². The Labute approximate surface area is 171 Å². The Balaban J connectivity index is 1.36. The molecular formula is C19H24F3N5O3. The minimum atomic E-state index is -4.54. The van der Waals surface area contributed by atoms with E-state index >= 15 is 0 Å². The third-order valence-corrected chi connectivity index (χ3v) is 5.42. The van der Waals surface area contributed by atoms with Gasteiger partial charge in [0.05, 0.1) is 6.61 Å². The number of halogens is 3.